The fourth-order valence-corrected chi connectivity index (χ4v) is 4.08. The highest BCUT2D eigenvalue weighted by Gasteiger charge is 2.50. The van der Waals surface area contributed by atoms with Crippen LogP contribution in [0.15, 0.2) is 24.3 Å². The van der Waals surface area contributed by atoms with Crippen LogP contribution in [-0.2, 0) is 30.1 Å². The van der Waals surface area contributed by atoms with Crippen molar-refractivity contribution in [2.24, 2.45) is 0 Å². The molecule has 0 radical (unpaired) electrons. The lowest BCUT2D eigenvalue weighted by Gasteiger charge is -2.30. The Morgan fingerprint density at radius 3 is 1.81 bits per heavy atom. The molecule has 242 valence electrons. The monoisotopic (exact) mass is 609 g/mol. The molecule has 0 bridgehead atoms. The zero-order valence-corrected chi connectivity index (χ0v) is 26.9. The number of benzene rings is 1. The highest BCUT2D eigenvalue weighted by Crippen LogP contribution is 2.30. The molecular weight excluding hydrogens is 562 g/mol. The van der Waals surface area contributed by atoms with Gasteiger partial charge in [0.25, 0.3) is 0 Å². The van der Waals surface area contributed by atoms with Crippen molar-refractivity contribution >= 4 is 24.4 Å². The van der Waals surface area contributed by atoms with E-state index < -0.39 is 59.5 Å². The van der Waals surface area contributed by atoms with Gasteiger partial charge in [-0.3, -0.25) is 4.90 Å². The minimum Gasteiger partial charge on any atom is -0.497 e. The number of methoxy groups -OCH3 is 1. The van der Waals surface area contributed by atoms with Crippen LogP contribution in [0.2, 0.25) is 0 Å². The molecule has 1 aromatic carbocycles. The summed E-state index contributed by atoms with van der Waals surface area (Å²) in [5.74, 6) is 0.650. The smallest absolute Gasteiger partial charge is 0.497 e. The molecule has 1 aliphatic rings. The SMILES string of the molecule is COc1ccc(C[C@@H]2[C@H](OC(=O)NCCNC(=O)OC(C)(C)C)[C@@H](OC(=O)OC(C)(C)C)CN2C(=O)OC(C)(C)C)cc1. The van der Waals surface area contributed by atoms with E-state index in [0.29, 0.717) is 5.75 Å². The van der Waals surface area contributed by atoms with Crippen molar-refractivity contribution < 1.29 is 47.6 Å². The Kier molecular flexibility index (Phi) is 11.9. The van der Waals surface area contributed by atoms with Gasteiger partial charge in [0.1, 0.15) is 22.6 Å². The molecular formula is C30H47N3O10. The molecule has 2 N–H and O–H groups in total. The molecule has 3 atom stereocenters. The summed E-state index contributed by atoms with van der Waals surface area (Å²) in [6.45, 7) is 15.5. The average Bonchev–Trinajstić information content (AvgIpc) is 3.15. The molecule has 0 saturated carbocycles. The van der Waals surface area contributed by atoms with E-state index in [4.69, 9.17) is 28.4 Å². The molecule has 0 aliphatic carbocycles. The molecule has 1 heterocycles. The van der Waals surface area contributed by atoms with Gasteiger partial charge in [-0.15, -0.1) is 0 Å². The second kappa shape index (κ2) is 14.5. The lowest BCUT2D eigenvalue weighted by atomic mass is 10.0. The van der Waals surface area contributed by atoms with Gasteiger partial charge in [0, 0.05) is 13.1 Å². The molecule has 0 unspecified atom stereocenters. The van der Waals surface area contributed by atoms with Crippen molar-refractivity contribution in [3.63, 3.8) is 0 Å². The number of hydrogen-bond donors (Lipinski definition) is 2. The van der Waals surface area contributed by atoms with Gasteiger partial charge in [-0.2, -0.15) is 0 Å². The van der Waals surface area contributed by atoms with E-state index in [2.05, 4.69) is 10.6 Å². The molecule has 3 amide bonds. The van der Waals surface area contributed by atoms with Crippen LogP contribution in [0.5, 0.6) is 5.75 Å². The van der Waals surface area contributed by atoms with Crippen molar-refractivity contribution in [2.45, 2.75) is 104 Å². The molecule has 13 nitrogen and oxygen atoms in total. The van der Waals surface area contributed by atoms with Crippen molar-refractivity contribution in [3.05, 3.63) is 29.8 Å². The summed E-state index contributed by atoms with van der Waals surface area (Å²) in [7, 11) is 1.56. The number of ether oxygens (including phenoxy) is 6. The van der Waals surface area contributed by atoms with Gasteiger partial charge in [0.05, 0.1) is 19.7 Å². The first-order valence-electron chi connectivity index (χ1n) is 14.2. The Morgan fingerprint density at radius 1 is 0.767 bits per heavy atom. The third kappa shape index (κ3) is 12.9. The Hall–Kier alpha value is -3.90. The number of rotatable bonds is 8. The van der Waals surface area contributed by atoms with Gasteiger partial charge in [0.2, 0.25) is 0 Å². The van der Waals surface area contributed by atoms with Gasteiger partial charge in [0.15, 0.2) is 12.2 Å². The maximum Gasteiger partial charge on any atom is 0.509 e. The second-order valence-electron chi connectivity index (χ2n) is 13.1. The van der Waals surface area contributed by atoms with E-state index in [0.717, 1.165) is 5.56 Å². The third-order valence-corrected chi connectivity index (χ3v) is 5.70. The number of likely N-dealkylation sites (tertiary alicyclic amines) is 1. The van der Waals surface area contributed by atoms with Crippen molar-refractivity contribution in [3.8, 4) is 5.75 Å². The van der Waals surface area contributed by atoms with Gasteiger partial charge in [-0.25, -0.2) is 19.2 Å². The fourth-order valence-electron chi connectivity index (χ4n) is 4.08. The van der Waals surface area contributed by atoms with Crippen LogP contribution >= 0.6 is 0 Å². The topological polar surface area (TPSA) is 151 Å². The van der Waals surface area contributed by atoms with Gasteiger partial charge in [-0.1, -0.05) is 12.1 Å². The van der Waals surface area contributed by atoms with Crippen LogP contribution in [-0.4, -0.2) is 91.1 Å². The van der Waals surface area contributed by atoms with E-state index >= 15 is 0 Å². The maximum atomic E-state index is 13.3. The molecule has 1 saturated heterocycles. The standard InChI is InChI=1S/C30H47N3O10/c1-28(2,3)41-25(35)32-16-15-31-24(34)40-23-21(17-19-11-13-20(38-10)14-12-19)33(26(36)42-29(4,5)6)18-22(23)39-27(37)43-30(7,8)9/h11-14,21-23H,15-18H2,1-10H3,(H,31,34)(H,32,35)/t21-,22+,23+/m1/s1. The molecule has 43 heavy (non-hydrogen) atoms. The Labute approximate surface area is 253 Å². The Morgan fingerprint density at radius 2 is 1.30 bits per heavy atom. The van der Waals surface area contributed by atoms with Gasteiger partial charge in [-0.05, 0) is 86.4 Å². The summed E-state index contributed by atoms with van der Waals surface area (Å²) in [5, 5.41) is 5.11. The molecule has 1 aromatic rings. The van der Waals surface area contributed by atoms with Crippen LogP contribution in [0.3, 0.4) is 0 Å². The quantitative estimate of drug-likeness (QED) is 0.239. The molecule has 2 rings (SSSR count). The van der Waals surface area contributed by atoms with E-state index in [1.165, 1.54) is 4.90 Å². The lowest BCUT2D eigenvalue weighted by molar-refractivity contribution is -0.0517. The molecule has 0 aromatic heterocycles. The molecule has 0 spiro atoms. The normalized spacial score (nSPS) is 18.7. The van der Waals surface area contributed by atoms with Crippen LogP contribution in [0.4, 0.5) is 19.2 Å². The maximum absolute atomic E-state index is 13.3. The van der Waals surface area contributed by atoms with Crippen LogP contribution in [0.25, 0.3) is 0 Å². The zero-order valence-electron chi connectivity index (χ0n) is 26.9. The minimum absolute atomic E-state index is 0.0291. The highest BCUT2D eigenvalue weighted by molar-refractivity contribution is 5.71. The van der Waals surface area contributed by atoms with Gasteiger partial charge < -0.3 is 39.1 Å². The summed E-state index contributed by atoms with van der Waals surface area (Å²) in [4.78, 5) is 52.2. The molecule has 1 aliphatic heterocycles. The predicted octanol–water partition coefficient (Wildman–Crippen LogP) is 4.80. The molecule has 1 fully saturated rings. The number of hydrogen-bond acceptors (Lipinski definition) is 10. The van der Waals surface area contributed by atoms with Crippen molar-refractivity contribution in [1.29, 1.82) is 0 Å². The number of nitrogens with one attached hydrogen (secondary N) is 2. The number of carbonyl (C=O) groups is 4. The summed E-state index contributed by atoms with van der Waals surface area (Å²) < 4.78 is 32.8. The lowest BCUT2D eigenvalue weighted by Crippen LogP contribution is -2.47. The number of alkyl carbamates (subject to hydrolysis) is 2. The predicted molar refractivity (Wildman–Crippen MR) is 157 cm³/mol. The summed E-state index contributed by atoms with van der Waals surface area (Å²) >= 11 is 0. The number of amides is 3. The minimum atomic E-state index is -1.08. The first kappa shape index (κ1) is 35.3. The van der Waals surface area contributed by atoms with Crippen LogP contribution < -0.4 is 15.4 Å². The van der Waals surface area contributed by atoms with E-state index in [1.807, 2.05) is 12.1 Å². The number of carbonyl (C=O) groups excluding carboxylic acids is 4. The summed E-state index contributed by atoms with van der Waals surface area (Å²) in [6, 6.07) is 6.44. The van der Waals surface area contributed by atoms with Crippen molar-refractivity contribution in [2.75, 3.05) is 26.7 Å². The van der Waals surface area contributed by atoms with E-state index in [9.17, 15) is 19.2 Å². The summed E-state index contributed by atoms with van der Waals surface area (Å²) in [5.41, 5.74) is -1.49. The highest BCUT2D eigenvalue weighted by atomic mass is 16.7. The number of nitrogens with zero attached hydrogens (tertiary/aromatic N) is 1. The first-order chi connectivity index (χ1) is 19.8. The fraction of sp³-hybridized carbons (Fsp3) is 0.667. The third-order valence-electron chi connectivity index (χ3n) is 5.70. The Balaban J connectivity index is 2.28. The average molecular weight is 610 g/mol. The summed E-state index contributed by atoms with van der Waals surface area (Å²) in [6.07, 6.45) is -4.98. The first-order valence-corrected chi connectivity index (χ1v) is 14.2. The Bertz CT molecular complexity index is 1100. The van der Waals surface area contributed by atoms with Crippen LogP contribution in [0, 0.1) is 0 Å². The van der Waals surface area contributed by atoms with Crippen molar-refractivity contribution in [1.82, 2.24) is 15.5 Å². The zero-order chi connectivity index (χ0) is 32.6. The van der Waals surface area contributed by atoms with Crippen LogP contribution in [0.1, 0.15) is 67.9 Å². The largest absolute Gasteiger partial charge is 0.509 e. The van der Waals surface area contributed by atoms with E-state index in [-0.39, 0.29) is 26.1 Å². The van der Waals surface area contributed by atoms with E-state index in [1.54, 1.807) is 81.6 Å². The molecule has 13 heteroatoms. The van der Waals surface area contributed by atoms with Gasteiger partial charge >= 0.3 is 24.4 Å². The second-order valence-corrected chi connectivity index (χ2v) is 13.1.